The van der Waals surface area contributed by atoms with Gasteiger partial charge in [-0.3, -0.25) is 4.68 Å². The summed E-state index contributed by atoms with van der Waals surface area (Å²) in [6, 6.07) is 0.656. The Hall–Kier alpha value is -0.870. The van der Waals surface area contributed by atoms with E-state index >= 15 is 0 Å². The van der Waals surface area contributed by atoms with Crippen LogP contribution in [0.3, 0.4) is 0 Å². The van der Waals surface area contributed by atoms with E-state index in [4.69, 9.17) is 0 Å². The van der Waals surface area contributed by atoms with Gasteiger partial charge in [0.1, 0.15) is 0 Å². The summed E-state index contributed by atoms with van der Waals surface area (Å²) < 4.78 is 1.87. The zero-order chi connectivity index (χ0) is 14.1. The average molecular weight is 266 g/mol. The van der Waals surface area contributed by atoms with Crippen molar-refractivity contribution in [1.82, 2.24) is 20.0 Å². The Kier molecular flexibility index (Phi) is 7.75. The van der Waals surface area contributed by atoms with E-state index in [1.165, 1.54) is 31.2 Å². The van der Waals surface area contributed by atoms with Crippen LogP contribution >= 0.6 is 0 Å². The molecule has 0 aromatic carbocycles. The second kappa shape index (κ2) is 9.10. The number of hydrogen-bond acceptors (Lipinski definition) is 3. The first-order valence-corrected chi connectivity index (χ1v) is 7.51. The summed E-state index contributed by atoms with van der Waals surface area (Å²) in [4.78, 5) is 2.38. The van der Waals surface area contributed by atoms with Crippen molar-refractivity contribution in [3.05, 3.63) is 18.0 Å². The van der Waals surface area contributed by atoms with E-state index in [1.54, 1.807) is 0 Å². The summed E-state index contributed by atoms with van der Waals surface area (Å²) in [7, 11) is 4.15. The van der Waals surface area contributed by atoms with Crippen molar-refractivity contribution < 1.29 is 0 Å². The van der Waals surface area contributed by atoms with Crippen molar-refractivity contribution >= 4 is 0 Å². The molecule has 0 radical (unpaired) electrons. The van der Waals surface area contributed by atoms with Crippen molar-refractivity contribution in [2.24, 2.45) is 7.05 Å². The quantitative estimate of drug-likeness (QED) is 0.660. The van der Waals surface area contributed by atoms with Crippen molar-refractivity contribution in [1.29, 1.82) is 0 Å². The Morgan fingerprint density at radius 1 is 1.42 bits per heavy atom. The average Bonchev–Trinajstić information content (AvgIpc) is 2.77. The molecule has 1 rings (SSSR count). The van der Waals surface area contributed by atoms with Crippen LogP contribution in [0, 0.1) is 0 Å². The molecule has 1 aromatic heterocycles. The van der Waals surface area contributed by atoms with E-state index in [0.29, 0.717) is 6.04 Å². The first-order valence-electron chi connectivity index (χ1n) is 7.51. The molecule has 1 aromatic rings. The van der Waals surface area contributed by atoms with E-state index in [-0.39, 0.29) is 0 Å². The molecule has 0 saturated carbocycles. The normalized spacial score (nSPS) is 13.1. The SMILES string of the molecule is CCCNC(C)CCCCN(C)Cc1cnn(C)c1. The highest BCUT2D eigenvalue weighted by Gasteiger charge is 2.03. The van der Waals surface area contributed by atoms with Gasteiger partial charge in [-0.05, 0) is 46.3 Å². The van der Waals surface area contributed by atoms with E-state index in [9.17, 15) is 0 Å². The molecule has 1 heterocycles. The molecule has 0 amide bonds. The molecule has 4 nitrogen and oxygen atoms in total. The first-order chi connectivity index (χ1) is 9.11. The van der Waals surface area contributed by atoms with Gasteiger partial charge in [-0.15, -0.1) is 0 Å². The van der Waals surface area contributed by atoms with Crippen molar-refractivity contribution in [2.75, 3.05) is 20.1 Å². The standard InChI is InChI=1S/C15H30N4/c1-5-9-16-14(2)8-6-7-10-18(3)12-15-11-17-19(4)13-15/h11,13-14,16H,5-10,12H2,1-4H3. The summed E-state index contributed by atoms with van der Waals surface area (Å²) in [6.45, 7) is 7.80. The maximum absolute atomic E-state index is 4.20. The number of aromatic nitrogens is 2. The van der Waals surface area contributed by atoms with E-state index < -0.39 is 0 Å². The first kappa shape index (κ1) is 16.2. The molecule has 4 heteroatoms. The Morgan fingerprint density at radius 3 is 2.84 bits per heavy atom. The van der Waals surface area contributed by atoms with E-state index in [1.807, 2.05) is 17.9 Å². The number of unbranched alkanes of at least 4 members (excludes halogenated alkanes) is 1. The fourth-order valence-electron chi connectivity index (χ4n) is 2.27. The fraction of sp³-hybridized carbons (Fsp3) is 0.800. The van der Waals surface area contributed by atoms with Gasteiger partial charge < -0.3 is 10.2 Å². The number of aryl methyl sites for hydroxylation is 1. The third-order valence-corrected chi connectivity index (χ3v) is 3.38. The molecule has 1 atom stereocenters. The Bertz CT molecular complexity index is 335. The Labute approximate surface area is 118 Å². The lowest BCUT2D eigenvalue weighted by Crippen LogP contribution is -2.27. The van der Waals surface area contributed by atoms with Gasteiger partial charge in [0, 0.05) is 31.4 Å². The number of hydrogen-bond donors (Lipinski definition) is 1. The molecular formula is C15H30N4. The second-order valence-corrected chi connectivity index (χ2v) is 5.61. The third kappa shape index (κ3) is 7.33. The molecule has 0 fully saturated rings. The lowest BCUT2D eigenvalue weighted by atomic mass is 10.1. The molecule has 0 saturated heterocycles. The van der Waals surface area contributed by atoms with E-state index in [0.717, 1.165) is 19.6 Å². The van der Waals surface area contributed by atoms with Crippen LogP contribution in [0.5, 0.6) is 0 Å². The van der Waals surface area contributed by atoms with Crippen LogP contribution in [0.2, 0.25) is 0 Å². The van der Waals surface area contributed by atoms with Gasteiger partial charge in [0.25, 0.3) is 0 Å². The van der Waals surface area contributed by atoms with Gasteiger partial charge in [-0.1, -0.05) is 13.3 Å². The number of rotatable bonds is 10. The molecule has 0 bridgehead atoms. The van der Waals surface area contributed by atoms with Crippen molar-refractivity contribution in [2.45, 2.75) is 52.1 Å². The summed E-state index contributed by atoms with van der Waals surface area (Å²) >= 11 is 0. The summed E-state index contributed by atoms with van der Waals surface area (Å²) in [6.07, 6.45) is 9.11. The summed E-state index contributed by atoms with van der Waals surface area (Å²) in [5, 5.41) is 7.74. The van der Waals surface area contributed by atoms with Crippen molar-refractivity contribution in [3.63, 3.8) is 0 Å². The molecule has 19 heavy (non-hydrogen) atoms. The highest BCUT2D eigenvalue weighted by Crippen LogP contribution is 2.05. The van der Waals surface area contributed by atoms with Gasteiger partial charge in [0.15, 0.2) is 0 Å². The minimum absolute atomic E-state index is 0.656. The van der Waals surface area contributed by atoms with Crippen LogP contribution in [0.4, 0.5) is 0 Å². The molecule has 0 spiro atoms. The maximum Gasteiger partial charge on any atom is 0.0534 e. The summed E-state index contributed by atoms with van der Waals surface area (Å²) in [5.41, 5.74) is 1.29. The predicted octanol–water partition coefficient (Wildman–Crippen LogP) is 2.41. The zero-order valence-electron chi connectivity index (χ0n) is 13.0. The molecule has 0 aliphatic carbocycles. The minimum Gasteiger partial charge on any atom is -0.314 e. The lowest BCUT2D eigenvalue weighted by Gasteiger charge is -2.17. The van der Waals surface area contributed by atoms with Gasteiger partial charge in [0.05, 0.1) is 6.20 Å². The molecule has 0 aliphatic rings. The predicted molar refractivity (Wildman–Crippen MR) is 81.1 cm³/mol. The second-order valence-electron chi connectivity index (χ2n) is 5.61. The third-order valence-electron chi connectivity index (χ3n) is 3.38. The highest BCUT2D eigenvalue weighted by molar-refractivity contribution is 5.02. The van der Waals surface area contributed by atoms with Gasteiger partial charge in [0.2, 0.25) is 0 Å². The molecule has 0 aliphatic heterocycles. The number of nitrogens with zero attached hydrogens (tertiary/aromatic N) is 3. The van der Waals surface area contributed by atoms with Gasteiger partial charge in [-0.25, -0.2) is 0 Å². The minimum atomic E-state index is 0.656. The molecule has 1 unspecified atom stereocenters. The highest BCUT2D eigenvalue weighted by atomic mass is 15.2. The van der Waals surface area contributed by atoms with Crippen LogP contribution in [0.1, 0.15) is 45.1 Å². The van der Waals surface area contributed by atoms with Gasteiger partial charge >= 0.3 is 0 Å². The Balaban J connectivity index is 2.05. The summed E-state index contributed by atoms with van der Waals surface area (Å²) in [5.74, 6) is 0. The zero-order valence-corrected chi connectivity index (χ0v) is 13.0. The smallest absolute Gasteiger partial charge is 0.0534 e. The van der Waals surface area contributed by atoms with Gasteiger partial charge in [-0.2, -0.15) is 5.10 Å². The maximum atomic E-state index is 4.20. The fourth-order valence-corrected chi connectivity index (χ4v) is 2.27. The van der Waals surface area contributed by atoms with Crippen LogP contribution in [0.25, 0.3) is 0 Å². The van der Waals surface area contributed by atoms with Crippen LogP contribution in [0.15, 0.2) is 12.4 Å². The Morgan fingerprint density at radius 2 is 2.21 bits per heavy atom. The lowest BCUT2D eigenvalue weighted by molar-refractivity contribution is 0.314. The van der Waals surface area contributed by atoms with Crippen LogP contribution in [-0.4, -0.2) is 40.9 Å². The monoisotopic (exact) mass is 266 g/mol. The van der Waals surface area contributed by atoms with Crippen LogP contribution in [-0.2, 0) is 13.6 Å². The number of nitrogens with one attached hydrogen (secondary N) is 1. The molecule has 1 N–H and O–H groups in total. The molecular weight excluding hydrogens is 236 g/mol. The topological polar surface area (TPSA) is 33.1 Å². The van der Waals surface area contributed by atoms with E-state index in [2.05, 4.69) is 42.4 Å². The van der Waals surface area contributed by atoms with Crippen molar-refractivity contribution in [3.8, 4) is 0 Å². The van der Waals surface area contributed by atoms with Crippen LogP contribution < -0.4 is 5.32 Å². The molecule has 110 valence electrons. The largest absolute Gasteiger partial charge is 0.314 e.